The molecular formula is C32H33BrN2O4S. The second kappa shape index (κ2) is 15.7. The fraction of sp³-hybridized carbons (Fsp3) is 0.219. The molecule has 0 saturated carbocycles. The molecule has 4 aromatic rings. The maximum Gasteiger partial charge on any atom is 0.311 e. The Morgan fingerprint density at radius 2 is 1.62 bits per heavy atom. The maximum absolute atomic E-state index is 10.7. The van der Waals surface area contributed by atoms with Crippen LogP contribution in [0.2, 0.25) is 0 Å². The lowest BCUT2D eigenvalue weighted by Crippen LogP contribution is -2.08. The highest BCUT2D eigenvalue weighted by Crippen LogP contribution is 2.27. The predicted octanol–water partition coefficient (Wildman–Crippen LogP) is 7.65. The van der Waals surface area contributed by atoms with E-state index in [0.717, 1.165) is 26.7 Å². The summed E-state index contributed by atoms with van der Waals surface area (Å²) in [5.74, 6) is -0.791. The number of unbranched alkanes of at least 4 members (excludes halogenated alkanes) is 1. The van der Waals surface area contributed by atoms with Crippen molar-refractivity contribution in [1.29, 1.82) is 0 Å². The first-order chi connectivity index (χ1) is 19.2. The Balaban J connectivity index is 0.000000281. The van der Waals surface area contributed by atoms with Gasteiger partial charge in [0.25, 0.3) is 0 Å². The average molecular weight is 622 g/mol. The molecule has 0 aliphatic rings. The van der Waals surface area contributed by atoms with Crippen molar-refractivity contribution in [3.8, 4) is 0 Å². The SMILES string of the molecule is CN(C)c1cccc2ccccc12.O=C(O)CCC/C=C(\c1ccc(CCN=S(=O)=O)cc1)c1cccc(Br)c1. The molecule has 0 fully saturated rings. The molecule has 1 N–H and O–H groups in total. The smallest absolute Gasteiger partial charge is 0.311 e. The molecule has 0 amide bonds. The molecule has 0 aliphatic heterocycles. The Morgan fingerprint density at radius 3 is 2.30 bits per heavy atom. The molecule has 0 atom stereocenters. The van der Waals surface area contributed by atoms with Crippen LogP contribution >= 0.6 is 15.9 Å². The van der Waals surface area contributed by atoms with Gasteiger partial charge in [0.1, 0.15) is 0 Å². The number of carboxylic acid groups (broad SMARTS) is 1. The van der Waals surface area contributed by atoms with Gasteiger partial charge in [0, 0.05) is 36.1 Å². The van der Waals surface area contributed by atoms with Gasteiger partial charge < -0.3 is 10.0 Å². The van der Waals surface area contributed by atoms with Crippen LogP contribution < -0.4 is 4.90 Å². The maximum atomic E-state index is 10.7. The van der Waals surface area contributed by atoms with E-state index >= 15 is 0 Å². The molecule has 0 saturated heterocycles. The number of rotatable bonds is 10. The summed E-state index contributed by atoms with van der Waals surface area (Å²) in [6, 6.07) is 30.7. The number of aliphatic carboxylic acids is 1. The van der Waals surface area contributed by atoms with E-state index < -0.39 is 16.5 Å². The minimum absolute atomic E-state index is 0.145. The minimum Gasteiger partial charge on any atom is -0.481 e. The van der Waals surface area contributed by atoms with Gasteiger partial charge in [0.15, 0.2) is 0 Å². The zero-order valence-corrected chi connectivity index (χ0v) is 25.0. The first-order valence-electron chi connectivity index (χ1n) is 12.9. The molecule has 4 rings (SSSR count). The molecule has 0 aliphatic carbocycles. The number of benzene rings is 4. The van der Waals surface area contributed by atoms with Crippen LogP contribution in [-0.2, 0) is 21.7 Å². The van der Waals surface area contributed by atoms with Crippen LogP contribution in [-0.4, -0.2) is 40.1 Å². The number of allylic oxidation sites excluding steroid dienone is 1. The third-order valence-corrected chi connectivity index (χ3v) is 7.08. The summed E-state index contributed by atoms with van der Waals surface area (Å²) in [6.07, 6.45) is 4.02. The summed E-state index contributed by atoms with van der Waals surface area (Å²) < 4.78 is 25.4. The fourth-order valence-electron chi connectivity index (χ4n) is 4.26. The van der Waals surface area contributed by atoms with Crippen LogP contribution in [0.5, 0.6) is 0 Å². The zero-order chi connectivity index (χ0) is 28.9. The Hall–Kier alpha value is -3.75. The summed E-state index contributed by atoms with van der Waals surface area (Å²) in [4.78, 5) is 12.9. The zero-order valence-electron chi connectivity index (χ0n) is 22.6. The lowest BCUT2D eigenvalue weighted by Gasteiger charge is -2.14. The Bertz CT molecular complexity index is 1580. The largest absolute Gasteiger partial charge is 0.481 e. The molecule has 6 nitrogen and oxygen atoms in total. The summed E-state index contributed by atoms with van der Waals surface area (Å²) in [7, 11) is 1.78. The Labute approximate surface area is 245 Å². The molecule has 0 bridgehead atoms. The summed E-state index contributed by atoms with van der Waals surface area (Å²) >= 11 is 3.49. The average Bonchev–Trinajstić information content (AvgIpc) is 2.93. The van der Waals surface area contributed by atoms with Gasteiger partial charge in [-0.05, 0) is 65.1 Å². The molecule has 0 heterocycles. The first-order valence-corrected chi connectivity index (χ1v) is 14.8. The number of fused-ring (bicyclic) bond motifs is 1. The standard InChI is InChI=1S/C20H20BrNO4S.C12H13N/c21-18-5-3-4-17(14-18)19(6-1-2-7-20(23)24)16-10-8-15(9-11-16)12-13-22-27(25)26;1-13(2)12-9-5-7-10-6-3-4-8-11(10)12/h3-6,8-11,14H,1-2,7,12-13H2,(H,23,24);3-9H,1-2H3/b19-6+;. The van der Waals surface area contributed by atoms with Gasteiger partial charge >= 0.3 is 16.5 Å². The Kier molecular flexibility index (Phi) is 12.1. The number of hydrogen-bond acceptors (Lipinski definition) is 5. The van der Waals surface area contributed by atoms with E-state index in [0.29, 0.717) is 19.3 Å². The van der Waals surface area contributed by atoms with Crippen LogP contribution in [0.3, 0.4) is 0 Å². The summed E-state index contributed by atoms with van der Waals surface area (Å²) in [5.41, 5.74) is 5.39. The van der Waals surface area contributed by atoms with Gasteiger partial charge in [-0.15, -0.1) is 0 Å². The minimum atomic E-state index is -2.37. The molecule has 0 radical (unpaired) electrons. The second-order valence-corrected chi connectivity index (χ2v) is 10.9. The predicted molar refractivity (Wildman–Crippen MR) is 167 cm³/mol. The van der Waals surface area contributed by atoms with Crippen molar-refractivity contribution in [3.05, 3.63) is 118 Å². The number of carbonyl (C=O) groups is 1. The van der Waals surface area contributed by atoms with Gasteiger partial charge in [-0.25, -0.2) is 0 Å². The van der Waals surface area contributed by atoms with Crippen molar-refractivity contribution >= 4 is 54.4 Å². The van der Waals surface area contributed by atoms with Crippen molar-refractivity contribution in [2.75, 3.05) is 25.5 Å². The molecule has 0 spiro atoms. The molecule has 40 heavy (non-hydrogen) atoms. The normalized spacial score (nSPS) is 10.9. The number of nitrogens with zero attached hydrogens (tertiary/aromatic N) is 2. The lowest BCUT2D eigenvalue weighted by atomic mass is 9.95. The van der Waals surface area contributed by atoms with Gasteiger partial charge in [-0.3, -0.25) is 4.79 Å². The van der Waals surface area contributed by atoms with Crippen molar-refractivity contribution in [3.63, 3.8) is 0 Å². The van der Waals surface area contributed by atoms with Crippen molar-refractivity contribution in [2.24, 2.45) is 4.36 Å². The van der Waals surface area contributed by atoms with E-state index in [1.165, 1.54) is 16.5 Å². The van der Waals surface area contributed by atoms with Crippen LogP contribution in [0.4, 0.5) is 5.69 Å². The quantitative estimate of drug-likeness (QED) is 0.184. The molecule has 4 aromatic carbocycles. The van der Waals surface area contributed by atoms with Crippen LogP contribution in [0.1, 0.15) is 36.0 Å². The summed E-state index contributed by atoms with van der Waals surface area (Å²) in [6.45, 7) is 0.235. The Morgan fingerprint density at radius 1 is 0.925 bits per heavy atom. The topological polar surface area (TPSA) is 87.0 Å². The third-order valence-electron chi connectivity index (χ3n) is 6.19. The first kappa shape index (κ1) is 30.8. The van der Waals surface area contributed by atoms with Gasteiger partial charge in [0.05, 0.1) is 6.54 Å². The van der Waals surface area contributed by atoms with Gasteiger partial charge in [0.2, 0.25) is 0 Å². The van der Waals surface area contributed by atoms with Crippen molar-refractivity contribution in [1.82, 2.24) is 0 Å². The third kappa shape index (κ3) is 9.77. The monoisotopic (exact) mass is 620 g/mol. The molecular weight excluding hydrogens is 588 g/mol. The molecule has 0 aromatic heterocycles. The van der Waals surface area contributed by atoms with Gasteiger partial charge in [-0.2, -0.15) is 12.8 Å². The number of halogens is 1. The highest BCUT2D eigenvalue weighted by Gasteiger charge is 2.07. The van der Waals surface area contributed by atoms with E-state index in [2.05, 4.69) is 87.8 Å². The van der Waals surface area contributed by atoms with E-state index in [-0.39, 0.29) is 13.0 Å². The number of hydrogen-bond donors (Lipinski definition) is 1. The molecule has 8 heteroatoms. The fourth-order valence-corrected chi connectivity index (χ4v) is 4.90. The van der Waals surface area contributed by atoms with E-state index in [1.807, 2.05) is 48.5 Å². The van der Waals surface area contributed by atoms with Crippen LogP contribution in [0.15, 0.2) is 106 Å². The van der Waals surface area contributed by atoms with Crippen molar-refractivity contribution in [2.45, 2.75) is 25.7 Å². The summed E-state index contributed by atoms with van der Waals surface area (Å²) in [5, 5.41) is 11.4. The van der Waals surface area contributed by atoms with Gasteiger partial charge in [-0.1, -0.05) is 94.8 Å². The number of carboxylic acids is 1. The molecule has 0 unspecified atom stereocenters. The lowest BCUT2D eigenvalue weighted by molar-refractivity contribution is -0.137. The molecule has 208 valence electrons. The van der Waals surface area contributed by atoms with Crippen molar-refractivity contribution < 1.29 is 18.3 Å². The highest BCUT2D eigenvalue weighted by atomic mass is 79.9. The highest BCUT2D eigenvalue weighted by molar-refractivity contribution is 9.10. The van der Waals surface area contributed by atoms with E-state index in [1.54, 1.807) is 0 Å². The van der Waals surface area contributed by atoms with E-state index in [4.69, 9.17) is 5.11 Å². The van der Waals surface area contributed by atoms with Crippen LogP contribution in [0.25, 0.3) is 16.3 Å². The number of anilines is 1. The van der Waals surface area contributed by atoms with Crippen LogP contribution in [0, 0.1) is 0 Å². The second-order valence-electron chi connectivity index (χ2n) is 9.32. The van der Waals surface area contributed by atoms with E-state index in [9.17, 15) is 13.2 Å².